The van der Waals surface area contributed by atoms with Gasteiger partial charge >= 0.3 is 17.9 Å². The minimum Gasteiger partial charge on any atom is -0.481 e. The van der Waals surface area contributed by atoms with Gasteiger partial charge in [-0.15, -0.1) is 0 Å². The predicted molar refractivity (Wildman–Crippen MR) is 121 cm³/mol. The van der Waals surface area contributed by atoms with E-state index in [1.54, 1.807) is 6.26 Å². The number of aliphatic carboxylic acids is 3. The molecule has 0 aliphatic rings. The van der Waals surface area contributed by atoms with E-state index in [0.717, 1.165) is 0 Å². The Bertz CT molecular complexity index is 911. The predicted octanol–water partition coefficient (Wildman–Crippen LogP) is -2.48. The fourth-order valence-electron chi connectivity index (χ4n) is 2.81. The van der Waals surface area contributed by atoms with Crippen LogP contribution < -0.4 is 21.7 Å². The second-order valence-corrected chi connectivity index (χ2v) is 8.37. The van der Waals surface area contributed by atoms with E-state index in [9.17, 15) is 33.9 Å². The molecule has 0 fully saturated rings. The Kier molecular flexibility index (Phi) is 12.2. The lowest BCUT2D eigenvalue weighted by Gasteiger charge is -2.24. The van der Waals surface area contributed by atoms with Crippen LogP contribution in [-0.4, -0.2) is 97.1 Å². The molecular weight excluding hydrogens is 488 g/mol. The van der Waals surface area contributed by atoms with Crippen molar-refractivity contribution in [3.8, 4) is 0 Å². The van der Waals surface area contributed by atoms with E-state index in [1.165, 1.54) is 24.3 Å². The van der Waals surface area contributed by atoms with Crippen LogP contribution in [-0.2, 0) is 35.2 Å². The number of nitrogens with two attached hydrogens (primary N) is 1. The number of imidazole rings is 1. The van der Waals surface area contributed by atoms with Gasteiger partial charge in [0.25, 0.3) is 0 Å². The Morgan fingerprint density at radius 3 is 2.03 bits per heavy atom. The highest BCUT2D eigenvalue weighted by Crippen LogP contribution is 2.06. The molecule has 0 aromatic carbocycles. The Morgan fingerprint density at radius 1 is 0.943 bits per heavy atom. The van der Waals surface area contributed by atoms with Crippen LogP contribution in [0.15, 0.2) is 12.5 Å². The molecule has 1 heterocycles. The minimum absolute atomic E-state index is 0.119. The first-order valence-electron chi connectivity index (χ1n) is 10.2. The number of carbonyl (C=O) groups is 6. The smallest absolute Gasteiger partial charge is 0.326 e. The van der Waals surface area contributed by atoms with Crippen molar-refractivity contribution in [1.82, 2.24) is 25.9 Å². The van der Waals surface area contributed by atoms with Gasteiger partial charge in [-0.25, -0.2) is 9.78 Å². The standard InChI is InChI=1S/C19H28N6O9S/c1-35-3-2-11(23-16(30)10(20)5-14(26)27)17(31)24-12(4-9-7-21-8-22-9)18(32)25-13(19(33)34)6-15(28)29/h7-8,10-13H,2-6,20H2,1H3,(H,21,22)(H,23,30)(H,24,31)(H,25,32)(H,26,27)(H,28,29)(H,33,34). The van der Waals surface area contributed by atoms with Gasteiger partial charge in [0.05, 0.1) is 25.2 Å². The highest BCUT2D eigenvalue weighted by Gasteiger charge is 2.31. The van der Waals surface area contributed by atoms with Crippen LogP contribution in [0.1, 0.15) is 25.0 Å². The third-order valence-corrected chi connectivity index (χ3v) is 5.22. The maximum absolute atomic E-state index is 13.0. The van der Waals surface area contributed by atoms with E-state index < -0.39 is 72.6 Å². The largest absolute Gasteiger partial charge is 0.481 e. The van der Waals surface area contributed by atoms with Crippen molar-refractivity contribution in [3.05, 3.63) is 18.2 Å². The van der Waals surface area contributed by atoms with Crippen molar-refractivity contribution in [2.75, 3.05) is 12.0 Å². The molecule has 0 bridgehead atoms. The molecule has 15 nitrogen and oxygen atoms in total. The molecule has 9 N–H and O–H groups in total. The number of carboxylic acids is 3. The minimum atomic E-state index is -1.75. The van der Waals surface area contributed by atoms with E-state index >= 15 is 0 Å². The fraction of sp³-hybridized carbons (Fsp3) is 0.526. The van der Waals surface area contributed by atoms with Crippen LogP contribution in [0, 0.1) is 0 Å². The fourth-order valence-corrected chi connectivity index (χ4v) is 3.28. The number of carboxylic acid groups (broad SMARTS) is 3. The third-order valence-electron chi connectivity index (χ3n) is 4.58. The zero-order chi connectivity index (χ0) is 26.5. The normalized spacial score (nSPS) is 14.1. The molecule has 3 amide bonds. The lowest BCUT2D eigenvalue weighted by atomic mass is 10.1. The number of hydrogen-bond donors (Lipinski definition) is 8. The van der Waals surface area contributed by atoms with Crippen molar-refractivity contribution in [3.63, 3.8) is 0 Å². The number of thioether (sulfide) groups is 1. The zero-order valence-electron chi connectivity index (χ0n) is 18.7. The summed E-state index contributed by atoms with van der Waals surface area (Å²) >= 11 is 1.37. The lowest BCUT2D eigenvalue weighted by molar-refractivity contribution is -0.147. The Morgan fingerprint density at radius 2 is 1.51 bits per heavy atom. The zero-order valence-corrected chi connectivity index (χ0v) is 19.5. The number of nitrogens with zero attached hydrogens (tertiary/aromatic N) is 1. The van der Waals surface area contributed by atoms with Gasteiger partial charge in [0.2, 0.25) is 17.7 Å². The van der Waals surface area contributed by atoms with E-state index in [1.807, 2.05) is 0 Å². The average molecular weight is 517 g/mol. The second kappa shape index (κ2) is 14.6. The molecular formula is C19H28N6O9S. The summed E-state index contributed by atoms with van der Waals surface area (Å²) < 4.78 is 0. The highest BCUT2D eigenvalue weighted by atomic mass is 32.2. The Balaban J connectivity index is 3.05. The second-order valence-electron chi connectivity index (χ2n) is 7.39. The van der Waals surface area contributed by atoms with Gasteiger partial charge in [-0.1, -0.05) is 0 Å². The molecule has 0 aliphatic carbocycles. The van der Waals surface area contributed by atoms with Crippen LogP contribution in [0.2, 0.25) is 0 Å². The molecule has 4 unspecified atom stereocenters. The van der Waals surface area contributed by atoms with Gasteiger partial charge in [0.1, 0.15) is 18.1 Å². The van der Waals surface area contributed by atoms with Gasteiger partial charge in [-0.2, -0.15) is 11.8 Å². The topological polar surface area (TPSA) is 254 Å². The summed E-state index contributed by atoms with van der Waals surface area (Å²) in [5.41, 5.74) is 5.96. The lowest BCUT2D eigenvalue weighted by Crippen LogP contribution is -2.58. The first-order valence-corrected chi connectivity index (χ1v) is 11.6. The molecule has 1 rings (SSSR count). The number of carbonyl (C=O) groups excluding carboxylic acids is 3. The average Bonchev–Trinajstić information content (AvgIpc) is 3.27. The molecule has 4 atom stereocenters. The van der Waals surface area contributed by atoms with Crippen LogP contribution >= 0.6 is 11.8 Å². The van der Waals surface area contributed by atoms with Gasteiger partial charge < -0.3 is 42.0 Å². The molecule has 0 radical (unpaired) electrons. The SMILES string of the molecule is CSCCC(NC(=O)C(N)CC(=O)O)C(=O)NC(Cc1cnc[nH]1)C(=O)NC(CC(=O)O)C(=O)O. The summed E-state index contributed by atoms with van der Waals surface area (Å²) in [6.45, 7) is 0. The van der Waals surface area contributed by atoms with Crippen molar-refractivity contribution in [1.29, 1.82) is 0 Å². The summed E-state index contributed by atoms with van der Waals surface area (Å²) in [6.07, 6.45) is 2.87. The molecule has 1 aromatic heterocycles. The van der Waals surface area contributed by atoms with E-state index in [0.29, 0.717) is 11.4 Å². The molecule has 0 saturated heterocycles. The maximum atomic E-state index is 13.0. The molecule has 35 heavy (non-hydrogen) atoms. The van der Waals surface area contributed by atoms with Crippen LogP contribution in [0.5, 0.6) is 0 Å². The summed E-state index contributed by atoms with van der Waals surface area (Å²) in [5, 5.41) is 33.8. The Labute approximate surface area is 203 Å². The number of H-pyrrole nitrogens is 1. The molecule has 0 spiro atoms. The first kappa shape index (κ1) is 29.4. The molecule has 16 heteroatoms. The molecule has 1 aromatic rings. The number of aromatic nitrogens is 2. The maximum Gasteiger partial charge on any atom is 0.326 e. The van der Waals surface area contributed by atoms with Crippen molar-refractivity contribution >= 4 is 47.4 Å². The summed E-state index contributed by atoms with van der Waals surface area (Å²) in [6, 6.07) is -5.70. The molecule has 194 valence electrons. The van der Waals surface area contributed by atoms with Crippen LogP contribution in [0.3, 0.4) is 0 Å². The van der Waals surface area contributed by atoms with Crippen molar-refractivity contribution in [2.45, 2.75) is 49.9 Å². The highest BCUT2D eigenvalue weighted by molar-refractivity contribution is 7.98. The first-order chi connectivity index (χ1) is 16.4. The monoisotopic (exact) mass is 516 g/mol. The van der Waals surface area contributed by atoms with E-state index in [2.05, 4.69) is 25.9 Å². The van der Waals surface area contributed by atoms with Crippen molar-refractivity contribution in [2.24, 2.45) is 5.73 Å². The van der Waals surface area contributed by atoms with Crippen LogP contribution in [0.4, 0.5) is 0 Å². The molecule has 0 aliphatic heterocycles. The van der Waals surface area contributed by atoms with Gasteiger partial charge in [0.15, 0.2) is 0 Å². The number of nitrogens with one attached hydrogen (secondary N) is 4. The summed E-state index contributed by atoms with van der Waals surface area (Å²) in [5.74, 6) is -6.57. The molecule has 0 saturated carbocycles. The van der Waals surface area contributed by atoms with Gasteiger partial charge in [-0.3, -0.25) is 24.0 Å². The summed E-state index contributed by atoms with van der Waals surface area (Å²) in [7, 11) is 0. The van der Waals surface area contributed by atoms with E-state index in [-0.39, 0.29) is 12.8 Å². The van der Waals surface area contributed by atoms with Gasteiger partial charge in [0, 0.05) is 18.3 Å². The number of amides is 3. The quantitative estimate of drug-likeness (QED) is 0.114. The third kappa shape index (κ3) is 10.9. The number of hydrogen-bond acceptors (Lipinski definition) is 9. The van der Waals surface area contributed by atoms with Gasteiger partial charge in [-0.05, 0) is 18.4 Å². The van der Waals surface area contributed by atoms with Crippen molar-refractivity contribution < 1.29 is 44.1 Å². The van der Waals surface area contributed by atoms with E-state index in [4.69, 9.17) is 15.9 Å². The Hall–Kier alpha value is -3.66. The number of aromatic amines is 1. The summed E-state index contributed by atoms with van der Waals surface area (Å²) in [4.78, 5) is 77.6. The van der Waals surface area contributed by atoms with Crippen LogP contribution in [0.25, 0.3) is 0 Å². The number of rotatable bonds is 16.